The molecule has 0 atom stereocenters. The van der Waals surface area contributed by atoms with Gasteiger partial charge in [-0.05, 0) is 16.4 Å². The minimum Gasteiger partial charge on any atom is -0.392 e. The highest BCUT2D eigenvalue weighted by molar-refractivity contribution is 5.88. The van der Waals surface area contributed by atoms with Gasteiger partial charge in [-0.1, -0.05) is 39.0 Å². The van der Waals surface area contributed by atoms with Crippen molar-refractivity contribution in [3.05, 3.63) is 41.7 Å². The molecule has 1 heterocycles. The van der Waals surface area contributed by atoms with Crippen molar-refractivity contribution in [2.24, 2.45) is 0 Å². The first kappa shape index (κ1) is 11.1. The van der Waals surface area contributed by atoms with Crippen LogP contribution in [-0.2, 0) is 12.0 Å². The fraction of sp³-hybridized carbons (Fsp3) is 0.357. The van der Waals surface area contributed by atoms with Gasteiger partial charge >= 0.3 is 0 Å². The largest absolute Gasteiger partial charge is 0.392 e. The smallest absolute Gasteiger partial charge is 0.0702 e. The second-order valence-corrected chi connectivity index (χ2v) is 5.11. The van der Waals surface area contributed by atoms with E-state index >= 15 is 0 Å². The molecule has 2 heteroatoms. The lowest BCUT2D eigenvalue weighted by Gasteiger charge is -2.21. The molecule has 1 N–H and O–H groups in total. The monoisotopic (exact) mass is 215 g/mol. The zero-order valence-corrected chi connectivity index (χ0v) is 9.99. The fourth-order valence-electron chi connectivity index (χ4n) is 2.04. The van der Waals surface area contributed by atoms with Crippen LogP contribution in [0.5, 0.6) is 0 Å². The lowest BCUT2D eigenvalue weighted by molar-refractivity contribution is 0.283. The number of hydrogen-bond acceptors (Lipinski definition) is 2. The van der Waals surface area contributed by atoms with Gasteiger partial charge in [0.15, 0.2) is 0 Å². The van der Waals surface area contributed by atoms with E-state index in [0.29, 0.717) is 0 Å². The summed E-state index contributed by atoms with van der Waals surface area (Å²) in [5.74, 6) is 0. The second kappa shape index (κ2) is 3.87. The van der Waals surface area contributed by atoms with E-state index in [1.165, 1.54) is 5.56 Å². The molecular weight excluding hydrogens is 198 g/mol. The van der Waals surface area contributed by atoms with Crippen LogP contribution in [0.25, 0.3) is 10.8 Å². The van der Waals surface area contributed by atoms with Gasteiger partial charge in [0.2, 0.25) is 0 Å². The maximum Gasteiger partial charge on any atom is 0.0702 e. The first-order valence-electron chi connectivity index (χ1n) is 5.51. The fourth-order valence-corrected chi connectivity index (χ4v) is 2.04. The van der Waals surface area contributed by atoms with E-state index in [-0.39, 0.29) is 12.0 Å². The third-order valence-electron chi connectivity index (χ3n) is 2.86. The predicted octanol–water partition coefficient (Wildman–Crippen LogP) is 3.02. The molecule has 0 bridgehead atoms. The van der Waals surface area contributed by atoms with Gasteiger partial charge in [-0.3, -0.25) is 4.98 Å². The van der Waals surface area contributed by atoms with Gasteiger partial charge < -0.3 is 5.11 Å². The van der Waals surface area contributed by atoms with Crippen molar-refractivity contribution in [1.82, 2.24) is 4.98 Å². The maximum absolute atomic E-state index is 9.29. The van der Waals surface area contributed by atoms with E-state index in [1.54, 1.807) is 6.20 Å². The quantitative estimate of drug-likeness (QED) is 0.793. The number of nitrogens with zero attached hydrogens (tertiary/aromatic N) is 1. The minimum absolute atomic E-state index is 0.0396. The number of aliphatic hydroxyl groups is 1. The topological polar surface area (TPSA) is 33.1 Å². The minimum atomic E-state index is 0.0396. The number of pyridine rings is 1. The summed E-state index contributed by atoms with van der Waals surface area (Å²) in [6.45, 7) is 6.60. The molecule has 0 fully saturated rings. The van der Waals surface area contributed by atoms with Gasteiger partial charge in [0, 0.05) is 23.3 Å². The third-order valence-corrected chi connectivity index (χ3v) is 2.86. The van der Waals surface area contributed by atoms with Crippen LogP contribution in [0.2, 0.25) is 0 Å². The molecule has 2 nitrogen and oxygen atoms in total. The molecular formula is C14H17NO. The molecule has 0 aliphatic rings. The Labute approximate surface area is 96.0 Å². The van der Waals surface area contributed by atoms with Crippen molar-refractivity contribution in [2.45, 2.75) is 32.8 Å². The summed E-state index contributed by atoms with van der Waals surface area (Å²) >= 11 is 0. The Bertz CT molecular complexity index is 512. The Hall–Kier alpha value is -1.41. The highest BCUT2D eigenvalue weighted by Crippen LogP contribution is 2.30. The number of aliphatic hydroxyl groups excluding tert-OH is 1. The molecule has 0 aliphatic heterocycles. The Morgan fingerprint density at radius 3 is 2.50 bits per heavy atom. The van der Waals surface area contributed by atoms with Crippen LogP contribution in [0.1, 0.15) is 31.9 Å². The summed E-state index contributed by atoms with van der Waals surface area (Å²) in [4.78, 5) is 4.20. The SMILES string of the molecule is CC(C)(C)c1cccc2c(CO)cncc12. The standard InChI is InChI=1S/C14H17NO/c1-14(2,3)13-6-4-5-11-10(9-16)7-15-8-12(11)13/h4-8,16H,9H2,1-3H3. The molecule has 0 spiro atoms. The molecule has 0 unspecified atom stereocenters. The average molecular weight is 215 g/mol. The van der Waals surface area contributed by atoms with Gasteiger partial charge in [-0.25, -0.2) is 0 Å². The summed E-state index contributed by atoms with van der Waals surface area (Å²) in [6.07, 6.45) is 3.61. The first-order valence-corrected chi connectivity index (χ1v) is 5.51. The third kappa shape index (κ3) is 1.81. The second-order valence-electron chi connectivity index (χ2n) is 5.11. The zero-order valence-electron chi connectivity index (χ0n) is 9.99. The number of fused-ring (bicyclic) bond motifs is 1. The molecule has 0 aliphatic carbocycles. The van der Waals surface area contributed by atoms with Gasteiger partial charge in [0.1, 0.15) is 0 Å². The van der Waals surface area contributed by atoms with Crippen molar-refractivity contribution in [3.63, 3.8) is 0 Å². The van der Waals surface area contributed by atoms with Crippen LogP contribution in [0.4, 0.5) is 0 Å². The van der Waals surface area contributed by atoms with Crippen molar-refractivity contribution in [2.75, 3.05) is 0 Å². The maximum atomic E-state index is 9.29. The number of rotatable bonds is 1. The van der Waals surface area contributed by atoms with Crippen LogP contribution in [0.15, 0.2) is 30.6 Å². The van der Waals surface area contributed by atoms with E-state index in [4.69, 9.17) is 0 Å². The van der Waals surface area contributed by atoms with Gasteiger partial charge in [-0.15, -0.1) is 0 Å². The number of hydrogen-bond donors (Lipinski definition) is 1. The van der Waals surface area contributed by atoms with Gasteiger partial charge in [0.05, 0.1) is 6.61 Å². The van der Waals surface area contributed by atoms with Crippen LogP contribution in [-0.4, -0.2) is 10.1 Å². The van der Waals surface area contributed by atoms with Crippen LogP contribution < -0.4 is 0 Å². The summed E-state index contributed by atoms with van der Waals surface area (Å²) in [7, 11) is 0. The van der Waals surface area contributed by atoms with Gasteiger partial charge in [-0.2, -0.15) is 0 Å². The number of benzene rings is 1. The van der Waals surface area contributed by atoms with E-state index in [2.05, 4.69) is 31.8 Å². The highest BCUT2D eigenvalue weighted by atomic mass is 16.3. The lowest BCUT2D eigenvalue weighted by atomic mass is 9.84. The molecule has 0 saturated heterocycles. The molecule has 2 rings (SSSR count). The van der Waals surface area contributed by atoms with Crippen molar-refractivity contribution in [3.8, 4) is 0 Å². The van der Waals surface area contributed by atoms with E-state index in [1.807, 2.05) is 18.3 Å². The molecule has 0 saturated carbocycles. The molecule has 84 valence electrons. The molecule has 0 radical (unpaired) electrons. The summed E-state index contributed by atoms with van der Waals surface area (Å²) in [5, 5.41) is 11.5. The molecule has 1 aromatic carbocycles. The normalized spacial score (nSPS) is 12.0. The highest BCUT2D eigenvalue weighted by Gasteiger charge is 2.17. The first-order chi connectivity index (χ1) is 7.54. The molecule has 2 aromatic rings. The predicted molar refractivity (Wildman–Crippen MR) is 66.4 cm³/mol. The lowest BCUT2D eigenvalue weighted by Crippen LogP contribution is -2.11. The van der Waals surface area contributed by atoms with Crippen molar-refractivity contribution < 1.29 is 5.11 Å². The van der Waals surface area contributed by atoms with Crippen molar-refractivity contribution >= 4 is 10.8 Å². The molecule has 0 amide bonds. The molecule has 1 aromatic heterocycles. The zero-order chi connectivity index (χ0) is 11.8. The summed E-state index contributed by atoms with van der Waals surface area (Å²) < 4.78 is 0. The van der Waals surface area contributed by atoms with E-state index in [0.717, 1.165) is 16.3 Å². The Morgan fingerprint density at radius 1 is 1.12 bits per heavy atom. The van der Waals surface area contributed by atoms with E-state index in [9.17, 15) is 5.11 Å². The van der Waals surface area contributed by atoms with Crippen LogP contribution >= 0.6 is 0 Å². The summed E-state index contributed by atoms with van der Waals surface area (Å²) in [6, 6.07) is 6.21. The van der Waals surface area contributed by atoms with Gasteiger partial charge in [0.25, 0.3) is 0 Å². The Kier molecular flexibility index (Phi) is 2.68. The average Bonchev–Trinajstić information content (AvgIpc) is 2.26. The van der Waals surface area contributed by atoms with Crippen molar-refractivity contribution in [1.29, 1.82) is 0 Å². The Morgan fingerprint density at radius 2 is 1.88 bits per heavy atom. The summed E-state index contributed by atoms with van der Waals surface area (Å²) in [5.41, 5.74) is 2.26. The number of aromatic nitrogens is 1. The van der Waals surface area contributed by atoms with Crippen LogP contribution in [0, 0.1) is 0 Å². The van der Waals surface area contributed by atoms with E-state index < -0.39 is 0 Å². The van der Waals surface area contributed by atoms with Crippen LogP contribution in [0.3, 0.4) is 0 Å². The Balaban J connectivity index is 2.79. The molecule has 16 heavy (non-hydrogen) atoms.